The fourth-order valence-electron chi connectivity index (χ4n) is 4.06. The van der Waals surface area contributed by atoms with Crippen molar-refractivity contribution in [3.05, 3.63) is 81.8 Å². The Kier molecular flexibility index (Phi) is 6.27. The lowest BCUT2D eigenvalue weighted by Crippen LogP contribution is -2.30. The quantitative estimate of drug-likeness (QED) is 0.298. The van der Waals surface area contributed by atoms with E-state index in [1.165, 1.54) is 27.6 Å². The van der Waals surface area contributed by atoms with Crippen molar-refractivity contribution >= 4 is 49.7 Å². The average Bonchev–Trinajstić information content (AvgIpc) is 3.59. The summed E-state index contributed by atoms with van der Waals surface area (Å²) in [5.74, 6) is -0.216. The van der Waals surface area contributed by atoms with Gasteiger partial charge in [-0.3, -0.25) is 14.5 Å². The minimum Gasteiger partial charge on any atom is -0.503 e. The zero-order valence-corrected chi connectivity index (χ0v) is 20.7. The summed E-state index contributed by atoms with van der Waals surface area (Å²) in [5.41, 5.74) is 1.40. The number of benzene rings is 2. The van der Waals surface area contributed by atoms with Gasteiger partial charge in [-0.15, -0.1) is 11.3 Å². The first kappa shape index (κ1) is 23.1. The summed E-state index contributed by atoms with van der Waals surface area (Å²) < 4.78 is 12.0. The molecule has 4 aromatic rings. The van der Waals surface area contributed by atoms with Gasteiger partial charge in [0.1, 0.15) is 11.5 Å². The number of hydrogen-bond acceptors (Lipinski definition) is 8. The lowest BCUT2D eigenvalue weighted by atomic mass is 9.95. The van der Waals surface area contributed by atoms with Gasteiger partial charge in [-0.05, 0) is 61.2 Å². The maximum atomic E-state index is 13.4. The van der Waals surface area contributed by atoms with Crippen LogP contribution in [0, 0.1) is 0 Å². The Morgan fingerprint density at radius 3 is 2.46 bits per heavy atom. The number of aromatic nitrogens is 1. The average molecular weight is 507 g/mol. The minimum absolute atomic E-state index is 0.0378. The second-order valence-corrected chi connectivity index (χ2v) is 9.66. The van der Waals surface area contributed by atoms with E-state index in [2.05, 4.69) is 4.98 Å². The molecule has 0 saturated heterocycles. The highest BCUT2D eigenvalue weighted by Crippen LogP contribution is 2.45. The number of aliphatic hydroxyl groups excluding tert-OH is 1. The molecule has 178 valence electrons. The van der Waals surface area contributed by atoms with Crippen LogP contribution in [0.1, 0.15) is 35.1 Å². The zero-order chi connectivity index (χ0) is 24.5. The molecule has 0 aliphatic carbocycles. The number of carbonyl (C=O) groups excluding carboxylic acids is 2. The number of hydrogen-bond donors (Lipinski definition) is 1. The second-order valence-electron chi connectivity index (χ2n) is 7.71. The number of nitrogens with zero attached hydrogens (tertiary/aromatic N) is 2. The molecule has 2 aromatic heterocycles. The third kappa shape index (κ3) is 4.17. The van der Waals surface area contributed by atoms with Crippen molar-refractivity contribution in [1.82, 2.24) is 4.98 Å². The van der Waals surface area contributed by atoms with Gasteiger partial charge in [0.05, 0.1) is 39.9 Å². The fraction of sp³-hybridized carbons (Fsp3) is 0.192. The predicted octanol–water partition coefficient (Wildman–Crippen LogP) is 5.94. The standard InChI is InChI=1S/C26H22N2O5S2/c1-3-32-16-9-7-15(8-10-16)22-21(23(29)19-6-5-13-34-19)24(30)25(31)28(22)26-27-18-12-11-17(33-4-2)14-20(18)35-26/h5-14,22,30H,3-4H2,1-2H3. The summed E-state index contributed by atoms with van der Waals surface area (Å²) in [6.45, 7) is 4.86. The molecule has 2 aromatic carbocycles. The van der Waals surface area contributed by atoms with E-state index < -0.39 is 17.7 Å². The van der Waals surface area contributed by atoms with E-state index >= 15 is 0 Å². The molecule has 3 heterocycles. The van der Waals surface area contributed by atoms with E-state index in [4.69, 9.17) is 9.47 Å². The molecular formula is C26H22N2O5S2. The van der Waals surface area contributed by atoms with Crippen LogP contribution in [0.4, 0.5) is 5.13 Å². The number of anilines is 1. The maximum Gasteiger partial charge on any atom is 0.296 e. The van der Waals surface area contributed by atoms with E-state index in [1.54, 1.807) is 41.8 Å². The number of ketones is 1. The Balaban J connectivity index is 1.62. The third-order valence-electron chi connectivity index (χ3n) is 5.57. The van der Waals surface area contributed by atoms with E-state index in [0.29, 0.717) is 45.8 Å². The van der Waals surface area contributed by atoms with Crippen molar-refractivity contribution in [3.8, 4) is 11.5 Å². The van der Waals surface area contributed by atoms with E-state index in [1.807, 2.05) is 32.0 Å². The lowest BCUT2D eigenvalue weighted by molar-refractivity contribution is -0.117. The number of ether oxygens (including phenoxy) is 2. The van der Waals surface area contributed by atoms with Crippen molar-refractivity contribution in [3.63, 3.8) is 0 Å². The Labute approximate surface area is 209 Å². The number of rotatable bonds is 8. The van der Waals surface area contributed by atoms with Crippen LogP contribution in [-0.4, -0.2) is 35.0 Å². The monoisotopic (exact) mass is 506 g/mol. The Hall–Kier alpha value is -3.69. The summed E-state index contributed by atoms with van der Waals surface area (Å²) in [6, 6.07) is 15.3. The smallest absolute Gasteiger partial charge is 0.296 e. The molecular weight excluding hydrogens is 484 g/mol. The van der Waals surface area contributed by atoms with Crippen molar-refractivity contribution in [2.75, 3.05) is 18.1 Å². The van der Waals surface area contributed by atoms with Crippen molar-refractivity contribution in [2.24, 2.45) is 0 Å². The maximum absolute atomic E-state index is 13.4. The topological polar surface area (TPSA) is 89.0 Å². The molecule has 0 bridgehead atoms. The first-order chi connectivity index (χ1) is 17.0. The molecule has 5 rings (SSSR count). The number of thiazole rings is 1. The number of fused-ring (bicyclic) bond motifs is 1. The van der Waals surface area contributed by atoms with E-state index in [-0.39, 0.29) is 11.4 Å². The van der Waals surface area contributed by atoms with Gasteiger partial charge in [-0.2, -0.15) is 0 Å². The number of carbonyl (C=O) groups is 2. The number of thiophene rings is 1. The van der Waals surface area contributed by atoms with Crippen LogP contribution < -0.4 is 14.4 Å². The van der Waals surface area contributed by atoms with Gasteiger partial charge in [0, 0.05) is 0 Å². The third-order valence-corrected chi connectivity index (χ3v) is 7.46. The highest BCUT2D eigenvalue weighted by molar-refractivity contribution is 7.22. The number of Topliss-reactive ketones (excluding diaryl/α,β-unsaturated/α-hetero) is 1. The molecule has 0 fully saturated rings. The molecule has 1 atom stereocenters. The summed E-state index contributed by atoms with van der Waals surface area (Å²) >= 11 is 2.57. The molecule has 9 heteroatoms. The van der Waals surface area contributed by atoms with Crippen LogP contribution in [0.25, 0.3) is 10.2 Å². The molecule has 1 N–H and O–H groups in total. The molecule has 1 amide bonds. The molecule has 1 unspecified atom stereocenters. The van der Waals surface area contributed by atoms with Gasteiger partial charge >= 0.3 is 0 Å². The minimum atomic E-state index is -0.834. The van der Waals surface area contributed by atoms with E-state index in [0.717, 1.165) is 4.70 Å². The Morgan fingerprint density at radius 2 is 1.77 bits per heavy atom. The van der Waals surface area contributed by atoms with Gasteiger partial charge in [-0.25, -0.2) is 4.98 Å². The number of amides is 1. The van der Waals surface area contributed by atoms with Crippen LogP contribution in [-0.2, 0) is 4.79 Å². The Morgan fingerprint density at radius 1 is 1.06 bits per heavy atom. The highest BCUT2D eigenvalue weighted by atomic mass is 32.1. The number of aliphatic hydroxyl groups is 1. The molecule has 7 nitrogen and oxygen atoms in total. The first-order valence-corrected chi connectivity index (χ1v) is 12.8. The van der Waals surface area contributed by atoms with Crippen molar-refractivity contribution in [1.29, 1.82) is 0 Å². The van der Waals surface area contributed by atoms with Crippen LogP contribution >= 0.6 is 22.7 Å². The predicted molar refractivity (Wildman–Crippen MR) is 137 cm³/mol. The normalized spacial score (nSPS) is 15.8. The van der Waals surface area contributed by atoms with Crippen LogP contribution in [0.2, 0.25) is 0 Å². The highest BCUT2D eigenvalue weighted by Gasteiger charge is 2.46. The summed E-state index contributed by atoms with van der Waals surface area (Å²) in [4.78, 5) is 33.3. The largest absolute Gasteiger partial charge is 0.503 e. The van der Waals surface area contributed by atoms with Crippen LogP contribution in [0.3, 0.4) is 0 Å². The van der Waals surface area contributed by atoms with Gasteiger partial charge in [0.15, 0.2) is 10.9 Å². The van der Waals surface area contributed by atoms with Crippen molar-refractivity contribution < 1.29 is 24.2 Å². The molecule has 35 heavy (non-hydrogen) atoms. The fourth-order valence-corrected chi connectivity index (χ4v) is 5.75. The second kappa shape index (κ2) is 9.52. The molecule has 0 spiro atoms. The SMILES string of the molecule is CCOc1ccc(C2C(C(=O)c3cccs3)=C(O)C(=O)N2c2nc3ccc(OCC)cc3s2)cc1. The zero-order valence-electron chi connectivity index (χ0n) is 19.1. The van der Waals surface area contributed by atoms with E-state index in [9.17, 15) is 14.7 Å². The molecule has 0 radical (unpaired) electrons. The summed E-state index contributed by atoms with van der Waals surface area (Å²) in [6.07, 6.45) is 0. The van der Waals surface area contributed by atoms with Gasteiger partial charge in [-0.1, -0.05) is 29.5 Å². The van der Waals surface area contributed by atoms with Gasteiger partial charge < -0.3 is 14.6 Å². The lowest BCUT2D eigenvalue weighted by Gasteiger charge is -2.24. The summed E-state index contributed by atoms with van der Waals surface area (Å²) in [7, 11) is 0. The molecule has 1 aliphatic rings. The first-order valence-electron chi connectivity index (χ1n) is 11.1. The molecule has 0 saturated carbocycles. The summed E-state index contributed by atoms with van der Waals surface area (Å²) in [5, 5.41) is 13.1. The van der Waals surface area contributed by atoms with Crippen LogP contribution in [0.15, 0.2) is 71.3 Å². The van der Waals surface area contributed by atoms with Gasteiger partial charge in [0.2, 0.25) is 5.78 Å². The Bertz CT molecular complexity index is 1420. The molecule has 1 aliphatic heterocycles. The van der Waals surface area contributed by atoms with Gasteiger partial charge in [0.25, 0.3) is 5.91 Å². The van der Waals surface area contributed by atoms with Crippen LogP contribution in [0.5, 0.6) is 11.5 Å². The van der Waals surface area contributed by atoms with Crippen molar-refractivity contribution in [2.45, 2.75) is 19.9 Å².